The van der Waals surface area contributed by atoms with Crippen LogP contribution in [0.15, 0.2) is 42.5 Å². The van der Waals surface area contributed by atoms with Crippen molar-refractivity contribution in [3.63, 3.8) is 0 Å². The number of carbonyl (C=O) groups is 1. The molecule has 29 heavy (non-hydrogen) atoms. The summed E-state index contributed by atoms with van der Waals surface area (Å²) in [6.45, 7) is 4.75. The summed E-state index contributed by atoms with van der Waals surface area (Å²) in [6, 6.07) is 13.2. The first kappa shape index (κ1) is 19.5. The number of nitrogens with zero attached hydrogens (tertiary/aromatic N) is 2. The molecule has 0 unspecified atom stereocenters. The van der Waals surface area contributed by atoms with E-state index in [0.29, 0.717) is 17.5 Å². The lowest BCUT2D eigenvalue weighted by atomic mass is 10.1. The topological polar surface area (TPSA) is 63.3 Å². The van der Waals surface area contributed by atoms with Gasteiger partial charge in [-0.3, -0.25) is 4.90 Å². The van der Waals surface area contributed by atoms with Crippen molar-refractivity contribution in [3.05, 3.63) is 53.6 Å². The monoisotopic (exact) mass is 413 g/mol. The molecule has 7 nitrogen and oxygen atoms in total. The summed E-state index contributed by atoms with van der Waals surface area (Å²) in [4.78, 5) is 16.1. The van der Waals surface area contributed by atoms with Crippen LogP contribution in [0.3, 0.4) is 0 Å². The van der Waals surface area contributed by atoms with Crippen molar-refractivity contribution in [2.75, 3.05) is 45.4 Å². The molecule has 4 rings (SSSR count). The standard InChI is InChI=1S/C21H23N3O4S/c1-26-20(25)16-3-5-17(6-4-16)22-21(29)24-10-8-23(9-11-24)13-15-2-7-18-19(12-15)28-14-27-18/h2-7,12H,8-11,13-14H2,1H3,(H,22,29). The molecule has 0 radical (unpaired) electrons. The molecule has 0 aromatic heterocycles. The van der Waals surface area contributed by atoms with Crippen molar-refractivity contribution in [3.8, 4) is 11.5 Å². The Morgan fingerprint density at radius 2 is 1.79 bits per heavy atom. The molecule has 2 aromatic rings. The molecule has 2 aliphatic heterocycles. The van der Waals surface area contributed by atoms with Gasteiger partial charge in [-0.25, -0.2) is 4.79 Å². The van der Waals surface area contributed by atoms with Crippen LogP contribution in [0.1, 0.15) is 15.9 Å². The van der Waals surface area contributed by atoms with Crippen molar-refractivity contribution in [2.45, 2.75) is 6.54 Å². The van der Waals surface area contributed by atoms with Crippen molar-refractivity contribution >= 4 is 29.0 Å². The molecule has 0 bridgehead atoms. The van der Waals surface area contributed by atoms with E-state index in [4.69, 9.17) is 26.4 Å². The number of rotatable bonds is 4. The summed E-state index contributed by atoms with van der Waals surface area (Å²) < 4.78 is 15.5. The maximum atomic E-state index is 11.5. The molecule has 0 aliphatic carbocycles. The Hall–Kier alpha value is -2.84. The third-order valence-electron chi connectivity index (χ3n) is 5.06. The Kier molecular flexibility index (Phi) is 5.82. The zero-order valence-corrected chi connectivity index (χ0v) is 17.0. The normalized spacial score (nSPS) is 15.8. The largest absolute Gasteiger partial charge is 0.465 e. The Morgan fingerprint density at radius 3 is 2.52 bits per heavy atom. The molecular formula is C21H23N3O4S. The van der Waals surface area contributed by atoms with Gasteiger partial charge in [-0.15, -0.1) is 0 Å². The highest BCUT2D eigenvalue weighted by atomic mass is 32.1. The molecule has 8 heteroatoms. The molecule has 1 saturated heterocycles. The van der Waals surface area contributed by atoms with Crippen LogP contribution in [-0.2, 0) is 11.3 Å². The first-order valence-corrected chi connectivity index (χ1v) is 9.88. The van der Waals surface area contributed by atoms with Crippen molar-refractivity contribution < 1.29 is 19.0 Å². The van der Waals surface area contributed by atoms with Gasteiger partial charge >= 0.3 is 5.97 Å². The first-order chi connectivity index (χ1) is 14.1. The third kappa shape index (κ3) is 4.60. The Bertz CT molecular complexity index is 895. The minimum atomic E-state index is -0.349. The number of esters is 1. The lowest BCUT2D eigenvalue weighted by molar-refractivity contribution is 0.0601. The number of methoxy groups -OCH3 is 1. The van der Waals surface area contributed by atoms with E-state index < -0.39 is 0 Å². The summed E-state index contributed by atoms with van der Waals surface area (Å²) in [6.07, 6.45) is 0. The van der Waals surface area contributed by atoms with Gasteiger partial charge in [-0.1, -0.05) is 6.07 Å². The van der Waals surface area contributed by atoms with E-state index in [1.807, 2.05) is 18.2 Å². The van der Waals surface area contributed by atoms with E-state index in [1.54, 1.807) is 12.1 Å². The zero-order valence-electron chi connectivity index (χ0n) is 16.2. The molecule has 0 spiro atoms. The molecule has 0 amide bonds. The number of ether oxygens (including phenoxy) is 3. The van der Waals surface area contributed by atoms with Crippen LogP contribution in [0.25, 0.3) is 0 Å². The second-order valence-electron chi connectivity index (χ2n) is 6.95. The molecule has 2 heterocycles. The number of carbonyl (C=O) groups excluding carboxylic acids is 1. The van der Waals surface area contributed by atoms with Crippen molar-refractivity contribution in [2.24, 2.45) is 0 Å². The van der Waals surface area contributed by atoms with E-state index >= 15 is 0 Å². The van der Waals surface area contributed by atoms with Crippen LogP contribution in [0, 0.1) is 0 Å². The molecule has 0 atom stereocenters. The lowest BCUT2D eigenvalue weighted by Crippen LogP contribution is -2.49. The van der Waals surface area contributed by atoms with E-state index in [0.717, 1.165) is 49.9 Å². The van der Waals surface area contributed by atoms with Gasteiger partial charge in [0.2, 0.25) is 6.79 Å². The summed E-state index contributed by atoms with van der Waals surface area (Å²) >= 11 is 5.56. The van der Waals surface area contributed by atoms with E-state index in [2.05, 4.69) is 27.2 Å². The van der Waals surface area contributed by atoms with Gasteiger partial charge in [0.1, 0.15) is 0 Å². The number of fused-ring (bicyclic) bond motifs is 1. The van der Waals surface area contributed by atoms with Gasteiger partial charge in [-0.2, -0.15) is 0 Å². The van der Waals surface area contributed by atoms with Crippen LogP contribution in [-0.4, -0.2) is 61.0 Å². The van der Waals surface area contributed by atoms with Gasteiger partial charge in [-0.05, 0) is 54.2 Å². The second kappa shape index (κ2) is 8.67. The Labute approximate surface area is 175 Å². The second-order valence-corrected chi connectivity index (χ2v) is 7.34. The van der Waals surface area contributed by atoms with Gasteiger partial charge in [0.05, 0.1) is 12.7 Å². The van der Waals surface area contributed by atoms with Crippen LogP contribution in [0.5, 0.6) is 11.5 Å². The third-order valence-corrected chi connectivity index (χ3v) is 5.42. The van der Waals surface area contributed by atoms with Crippen molar-refractivity contribution in [1.82, 2.24) is 9.80 Å². The summed E-state index contributed by atoms with van der Waals surface area (Å²) in [5.74, 6) is 1.29. The molecule has 2 aromatic carbocycles. The highest BCUT2D eigenvalue weighted by Crippen LogP contribution is 2.32. The first-order valence-electron chi connectivity index (χ1n) is 9.47. The van der Waals surface area contributed by atoms with Crippen LogP contribution >= 0.6 is 12.2 Å². The Morgan fingerprint density at radius 1 is 1.07 bits per heavy atom. The van der Waals surface area contributed by atoms with Gasteiger partial charge < -0.3 is 24.4 Å². The number of anilines is 1. The van der Waals surface area contributed by atoms with E-state index in [-0.39, 0.29) is 5.97 Å². The number of hydrogen-bond donors (Lipinski definition) is 1. The summed E-state index contributed by atoms with van der Waals surface area (Å²) in [7, 11) is 1.37. The predicted molar refractivity (Wildman–Crippen MR) is 113 cm³/mol. The predicted octanol–water partition coefficient (Wildman–Crippen LogP) is 2.72. The number of thiocarbonyl (C=S) groups is 1. The average molecular weight is 413 g/mol. The number of hydrogen-bond acceptors (Lipinski definition) is 6. The van der Waals surface area contributed by atoms with Gasteiger partial charge in [0, 0.05) is 38.4 Å². The SMILES string of the molecule is COC(=O)c1ccc(NC(=S)N2CCN(Cc3ccc4c(c3)OCO4)CC2)cc1. The fourth-order valence-electron chi connectivity index (χ4n) is 3.42. The van der Waals surface area contributed by atoms with Gasteiger partial charge in [0.25, 0.3) is 0 Å². The lowest BCUT2D eigenvalue weighted by Gasteiger charge is -2.36. The fraction of sp³-hybridized carbons (Fsp3) is 0.333. The molecule has 0 saturated carbocycles. The molecule has 1 N–H and O–H groups in total. The smallest absolute Gasteiger partial charge is 0.337 e. The van der Waals surface area contributed by atoms with Crippen LogP contribution in [0.4, 0.5) is 5.69 Å². The maximum Gasteiger partial charge on any atom is 0.337 e. The number of nitrogens with one attached hydrogen (secondary N) is 1. The summed E-state index contributed by atoms with van der Waals surface area (Å²) in [5, 5.41) is 3.94. The van der Waals surface area contributed by atoms with E-state index in [1.165, 1.54) is 12.7 Å². The van der Waals surface area contributed by atoms with Gasteiger partial charge in [0.15, 0.2) is 16.6 Å². The minimum Gasteiger partial charge on any atom is -0.465 e. The average Bonchev–Trinajstić information content (AvgIpc) is 3.22. The quantitative estimate of drug-likeness (QED) is 0.607. The molecule has 1 fully saturated rings. The van der Waals surface area contributed by atoms with Crippen LogP contribution < -0.4 is 14.8 Å². The fourth-order valence-corrected chi connectivity index (χ4v) is 3.72. The maximum absolute atomic E-state index is 11.5. The van der Waals surface area contributed by atoms with Crippen LogP contribution in [0.2, 0.25) is 0 Å². The Balaban J connectivity index is 1.26. The molecular weight excluding hydrogens is 390 g/mol. The molecule has 2 aliphatic rings. The number of benzene rings is 2. The van der Waals surface area contributed by atoms with E-state index in [9.17, 15) is 4.79 Å². The highest BCUT2D eigenvalue weighted by molar-refractivity contribution is 7.80. The molecule has 152 valence electrons. The number of piperazine rings is 1. The highest BCUT2D eigenvalue weighted by Gasteiger charge is 2.20. The van der Waals surface area contributed by atoms with Crippen molar-refractivity contribution in [1.29, 1.82) is 0 Å². The minimum absolute atomic E-state index is 0.299. The summed E-state index contributed by atoms with van der Waals surface area (Å²) in [5.41, 5.74) is 2.58. The zero-order chi connectivity index (χ0) is 20.2.